The number of rotatable bonds is 8. The summed E-state index contributed by atoms with van der Waals surface area (Å²) in [6, 6.07) is 2.16. The van der Waals surface area contributed by atoms with Gasteiger partial charge in [-0.15, -0.1) is 11.3 Å². The van der Waals surface area contributed by atoms with Crippen LogP contribution >= 0.6 is 43.2 Å². The summed E-state index contributed by atoms with van der Waals surface area (Å²) in [4.78, 5) is 1.36. The Bertz CT molecular complexity index is 285. The lowest BCUT2D eigenvalue weighted by Crippen LogP contribution is -2.13. The SMILES string of the molecule is COCCCCCNCc1cc(Br)c(Br)s1. The number of halogens is 2. The van der Waals surface area contributed by atoms with Crippen LogP contribution < -0.4 is 5.32 Å². The van der Waals surface area contributed by atoms with Crippen LogP contribution in [-0.4, -0.2) is 20.3 Å². The highest BCUT2D eigenvalue weighted by Gasteiger charge is 2.02. The van der Waals surface area contributed by atoms with Gasteiger partial charge in [-0.1, -0.05) is 0 Å². The fourth-order valence-corrected chi connectivity index (χ4v) is 3.51. The Balaban J connectivity index is 2.03. The van der Waals surface area contributed by atoms with E-state index in [2.05, 4.69) is 43.2 Å². The molecule has 1 aromatic heterocycles. The van der Waals surface area contributed by atoms with Gasteiger partial charge in [0.05, 0.1) is 3.79 Å². The Morgan fingerprint density at radius 2 is 2.12 bits per heavy atom. The number of unbranched alkanes of at least 4 members (excludes halogenated alkanes) is 2. The van der Waals surface area contributed by atoms with E-state index in [0.717, 1.165) is 30.6 Å². The summed E-state index contributed by atoms with van der Waals surface area (Å²) in [5, 5.41) is 3.45. The molecule has 0 saturated heterocycles. The normalized spacial score (nSPS) is 10.9. The first kappa shape index (κ1) is 14.6. The Morgan fingerprint density at radius 1 is 1.31 bits per heavy atom. The molecular formula is C11H17Br2NOS. The van der Waals surface area contributed by atoms with Crippen LogP contribution in [0.25, 0.3) is 0 Å². The molecule has 1 aromatic rings. The third-order valence-electron chi connectivity index (χ3n) is 2.20. The average Bonchev–Trinajstić information content (AvgIpc) is 2.57. The van der Waals surface area contributed by atoms with Crippen LogP contribution in [0, 0.1) is 0 Å². The standard InChI is InChI=1S/C11H17Br2NOS/c1-15-6-4-2-3-5-14-8-9-7-10(12)11(13)16-9/h7,14H,2-6,8H2,1H3. The van der Waals surface area contributed by atoms with Gasteiger partial charge in [0, 0.05) is 29.6 Å². The molecule has 0 atom stereocenters. The van der Waals surface area contributed by atoms with Gasteiger partial charge in [0.1, 0.15) is 0 Å². The topological polar surface area (TPSA) is 21.3 Å². The van der Waals surface area contributed by atoms with Crippen LogP contribution in [0.15, 0.2) is 14.3 Å². The Kier molecular flexibility index (Phi) is 7.90. The van der Waals surface area contributed by atoms with E-state index in [1.165, 1.54) is 21.5 Å². The van der Waals surface area contributed by atoms with Gasteiger partial charge in [0.25, 0.3) is 0 Å². The van der Waals surface area contributed by atoms with Crippen molar-refractivity contribution in [1.29, 1.82) is 0 Å². The van der Waals surface area contributed by atoms with Crippen molar-refractivity contribution >= 4 is 43.2 Å². The lowest BCUT2D eigenvalue weighted by atomic mass is 10.2. The van der Waals surface area contributed by atoms with Crippen molar-refractivity contribution in [1.82, 2.24) is 5.32 Å². The predicted molar refractivity (Wildman–Crippen MR) is 77.2 cm³/mol. The van der Waals surface area contributed by atoms with Crippen LogP contribution in [0.1, 0.15) is 24.1 Å². The molecule has 0 aliphatic rings. The monoisotopic (exact) mass is 369 g/mol. The van der Waals surface area contributed by atoms with Crippen molar-refractivity contribution < 1.29 is 4.74 Å². The average molecular weight is 371 g/mol. The molecule has 0 bridgehead atoms. The van der Waals surface area contributed by atoms with Crippen molar-refractivity contribution in [3.8, 4) is 0 Å². The Morgan fingerprint density at radius 3 is 2.75 bits per heavy atom. The highest BCUT2D eigenvalue weighted by molar-refractivity contribution is 9.13. The van der Waals surface area contributed by atoms with E-state index in [4.69, 9.17) is 4.74 Å². The van der Waals surface area contributed by atoms with E-state index in [0.29, 0.717) is 0 Å². The molecule has 0 radical (unpaired) electrons. The molecule has 1 heterocycles. The third-order valence-corrected chi connectivity index (χ3v) is 5.45. The van der Waals surface area contributed by atoms with Gasteiger partial charge in [-0.25, -0.2) is 0 Å². The van der Waals surface area contributed by atoms with E-state index < -0.39 is 0 Å². The lowest BCUT2D eigenvalue weighted by Gasteiger charge is -2.02. The minimum absolute atomic E-state index is 0.880. The third kappa shape index (κ3) is 5.77. The number of hydrogen-bond donors (Lipinski definition) is 1. The maximum Gasteiger partial charge on any atom is 0.0843 e. The van der Waals surface area contributed by atoms with E-state index in [1.54, 1.807) is 18.4 Å². The summed E-state index contributed by atoms with van der Waals surface area (Å²) in [5.41, 5.74) is 0. The van der Waals surface area contributed by atoms with Crippen molar-refractivity contribution in [3.63, 3.8) is 0 Å². The molecule has 0 saturated carbocycles. The zero-order chi connectivity index (χ0) is 11.8. The maximum atomic E-state index is 5.00. The summed E-state index contributed by atoms with van der Waals surface area (Å²) < 4.78 is 7.32. The second-order valence-electron chi connectivity index (χ2n) is 3.56. The molecule has 0 amide bonds. The molecule has 0 aromatic carbocycles. The van der Waals surface area contributed by atoms with Crippen molar-refractivity contribution in [2.24, 2.45) is 0 Å². The number of hydrogen-bond acceptors (Lipinski definition) is 3. The first-order valence-corrected chi connectivity index (χ1v) is 7.77. The van der Waals surface area contributed by atoms with Crippen LogP contribution in [0.2, 0.25) is 0 Å². The summed E-state index contributed by atoms with van der Waals surface area (Å²) >= 11 is 8.76. The fraction of sp³-hybridized carbons (Fsp3) is 0.636. The van der Waals surface area contributed by atoms with Gasteiger partial charge in [0.15, 0.2) is 0 Å². The minimum Gasteiger partial charge on any atom is -0.385 e. The second kappa shape index (κ2) is 8.64. The number of thiophene rings is 1. The second-order valence-corrected chi connectivity index (χ2v) is 6.87. The molecule has 5 heteroatoms. The molecule has 92 valence electrons. The van der Waals surface area contributed by atoms with Crippen LogP contribution in [-0.2, 0) is 11.3 Å². The van der Waals surface area contributed by atoms with Gasteiger partial charge < -0.3 is 10.1 Å². The molecule has 2 nitrogen and oxygen atoms in total. The summed E-state index contributed by atoms with van der Waals surface area (Å²) in [5.74, 6) is 0. The van der Waals surface area contributed by atoms with Gasteiger partial charge in [0.2, 0.25) is 0 Å². The molecule has 0 aliphatic carbocycles. The van der Waals surface area contributed by atoms with Crippen molar-refractivity contribution in [2.75, 3.05) is 20.3 Å². The predicted octanol–water partition coefficient (Wildman–Crippen LogP) is 4.18. The van der Waals surface area contributed by atoms with Gasteiger partial charge >= 0.3 is 0 Å². The molecular weight excluding hydrogens is 354 g/mol. The number of ether oxygens (including phenoxy) is 1. The van der Waals surface area contributed by atoms with Crippen molar-refractivity contribution in [2.45, 2.75) is 25.8 Å². The van der Waals surface area contributed by atoms with Crippen molar-refractivity contribution in [3.05, 3.63) is 19.2 Å². The first-order chi connectivity index (χ1) is 7.74. The molecule has 0 unspecified atom stereocenters. The largest absolute Gasteiger partial charge is 0.385 e. The zero-order valence-electron chi connectivity index (χ0n) is 9.39. The minimum atomic E-state index is 0.880. The molecule has 0 fully saturated rings. The smallest absolute Gasteiger partial charge is 0.0843 e. The molecule has 1 N–H and O–H groups in total. The Labute approximate surface area is 118 Å². The van der Waals surface area contributed by atoms with E-state index in [-0.39, 0.29) is 0 Å². The van der Waals surface area contributed by atoms with Gasteiger partial charge in [-0.2, -0.15) is 0 Å². The highest BCUT2D eigenvalue weighted by atomic mass is 79.9. The van der Waals surface area contributed by atoms with Gasteiger partial charge in [-0.3, -0.25) is 0 Å². The first-order valence-electron chi connectivity index (χ1n) is 5.37. The van der Waals surface area contributed by atoms with Crippen LogP contribution in [0.3, 0.4) is 0 Å². The van der Waals surface area contributed by atoms with E-state index in [1.807, 2.05) is 0 Å². The van der Waals surface area contributed by atoms with E-state index in [9.17, 15) is 0 Å². The highest BCUT2D eigenvalue weighted by Crippen LogP contribution is 2.32. The summed E-state index contributed by atoms with van der Waals surface area (Å²) in [6.45, 7) is 2.92. The molecule has 0 spiro atoms. The van der Waals surface area contributed by atoms with Crippen LogP contribution in [0.5, 0.6) is 0 Å². The fourth-order valence-electron chi connectivity index (χ4n) is 1.36. The Hall–Kier alpha value is 0.580. The van der Waals surface area contributed by atoms with E-state index >= 15 is 0 Å². The molecule has 0 aliphatic heterocycles. The lowest BCUT2D eigenvalue weighted by molar-refractivity contribution is 0.192. The van der Waals surface area contributed by atoms with Crippen LogP contribution in [0.4, 0.5) is 0 Å². The molecule has 1 rings (SSSR count). The van der Waals surface area contributed by atoms with Gasteiger partial charge in [-0.05, 0) is 63.7 Å². The summed E-state index contributed by atoms with van der Waals surface area (Å²) in [7, 11) is 1.75. The number of methoxy groups -OCH3 is 1. The quantitative estimate of drug-likeness (QED) is 0.693. The molecule has 16 heavy (non-hydrogen) atoms. The zero-order valence-corrected chi connectivity index (χ0v) is 13.4. The summed E-state index contributed by atoms with van der Waals surface area (Å²) in [6.07, 6.45) is 3.62. The number of nitrogens with one attached hydrogen (secondary N) is 1. The maximum absolute atomic E-state index is 5.00.